The molecule has 0 unspecified atom stereocenters. The number of nitrogen functional groups attached to an aromatic ring is 1. The van der Waals surface area contributed by atoms with Crippen molar-refractivity contribution in [1.29, 1.82) is 0 Å². The molecular weight excluding hydrogens is 324 g/mol. The Labute approximate surface area is 123 Å². The van der Waals surface area contributed by atoms with Crippen LogP contribution in [0, 0.1) is 0 Å². The Kier molecular flexibility index (Phi) is 3.33. The zero-order chi connectivity index (χ0) is 13.4. The number of halogens is 1. The minimum atomic E-state index is -0.0701. The first kappa shape index (κ1) is 12.7. The monoisotopic (exact) mass is 336 g/mol. The fraction of sp³-hybridized carbons (Fsp3) is 0.214. The van der Waals surface area contributed by atoms with Crippen LogP contribution in [-0.2, 0) is 0 Å². The first-order valence-electron chi connectivity index (χ1n) is 6.09. The zero-order valence-corrected chi connectivity index (χ0v) is 12.6. The molecule has 0 radical (unpaired) electrons. The third kappa shape index (κ3) is 2.28. The van der Waals surface area contributed by atoms with Gasteiger partial charge < -0.3 is 11.1 Å². The molecule has 3 N–H and O–H groups in total. The smallest absolute Gasteiger partial charge is 0.263 e. The van der Waals surface area contributed by atoms with Crippen LogP contribution < -0.4 is 11.1 Å². The number of thiophene rings is 1. The molecule has 2 aromatic rings. The van der Waals surface area contributed by atoms with Crippen LogP contribution >= 0.6 is 27.3 Å². The fourth-order valence-electron chi connectivity index (χ4n) is 2.28. The molecule has 1 heterocycles. The van der Waals surface area contributed by atoms with E-state index in [4.69, 9.17) is 5.73 Å². The molecule has 1 aromatic heterocycles. The molecule has 3 nitrogen and oxygen atoms in total. The van der Waals surface area contributed by atoms with Gasteiger partial charge in [-0.15, -0.1) is 11.3 Å². The molecule has 98 valence electrons. The molecule has 3 rings (SSSR count). The number of benzene rings is 1. The van der Waals surface area contributed by atoms with E-state index in [0.29, 0.717) is 10.6 Å². The Hall–Kier alpha value is -1.33. The van der Waals surface area contributed by atoms with Crippen molar-refractivity contribution in [3.63, 3.8) is 0 Å². The van der Waals surface area contributed by atoms with E-state index in [-0.39, 0.29) is 11.9 Å². The van der Waals surface area contributed by atoms with Crippen molar-refractivity contribution in [1.82, 2.24) is 5.32 Å². The van der Waals surface area contributed by atoms with E-state index >= 15 is 0 Å². The van der Waals surface area contributed by atoms with Crippen LogP contribution in [0.25, 0.3) is 10.1 Å². The SMILES string of the molecule is Nc1c(C(=O)NC2CC=CC2)sc2cccc(Br)c12. The molecular formula is C14H13BrN2OS. The second kappa shape index (κ2) is 4.98. The minimum absolute atomic E-state index is 0.0701. The van der Waals surface area contributed by atoms with E-state index in [2.05, 4.69) is 33.4 Å². The van der Waals surface area contributed by atoms with Gasteiger partial charge in [-0.05, 0) is 25.0 Å². The third-order valence-electron chi connectivity index (χ3n) is 3.25. The Morgan fingerprint density at radius 1 is 1.37 bits per heavy atom. The summed E-state index contributed by atoms with van der Waals surface area (Å²) in [4.78, 5) is 12.9. The van der Waals surface area contributed by atoms with E-state index in [9.17, 15) is 4.79 Å². The quantitative estimate of drug-likeness (QED) is 0.821. The van der Waals surface area contributed by atoms with Gasteiger partial charge in [0.25, 0.3) is 5.91 Å². The second-order valence-electron chi connectivity index (χ2n) is 4.57. The van der Waals surface area contributed by atoms with E-state index in [1.807, 2.05) is 18.2 Å². The van der Waals surface area contributed by atoms with Crippen LogP contribution in [0.2, 0.25) is 0 Å². The van der Waals surface area contributed by atoms with Gasteiger partial charge in [-0.2, -0.15) is 0 Å². The van der Waals surface area contributed by atoms with Crippen LogP contribution in [0.5, 0.6) is 0 Å². The molecule has 1 aliphatic rings. The highest BCUT2D eigenvalue weighted by Crippen LogP contribution is 2.38. The van der Waals surface area contributed by atoms with Gasteiger partial charge >= 0.3 is 0 Å². The van der Waals surface area contributed by atoms with Gasteiger partial charge in [0, 0.05) is 20.6 Å². The van der Waals surface area contributed by atoms with E-state index in [1.54, 1.807) is 0 Å². The molecule has 0 atom stereocenters. The van der Waals surface area contributed by atoms with Crippen molar-refractivity contribution in [3.05, 3.63) is 39.7 Å². The summed E-state index contributed by atoms with van der Waals surface area (Å²) in [5.41, 5.74) is 6.68. The predicted molar refractivity (Wildman–Crippen MR) is 83.6 cm³/mol. The van der Waals surface area contributed by atoms with Crippen molar-refractivity contribution in [3.8, 4) is 0 Å². The molecule has 19 heavy (non-hydrogen) atoms. The molecule has 0 aliphatic heterocycles. The Balaban J connectivity index is 1.94. The lowest BCUT2D eigenvalue weighted by Gasteiger charge is -2.11. The van der Waals surface area contributed by atoms with Crippen molar-refractivity contribution in [2.45, 2.75) is 18.9 Å². The van der Waals surface area contributed by atoms with Crippen LogP contribution in [-0.4, -0.2) is 11.9 Å². The predicted octanol–water partition coefficient (Wildman–Crippen LogP) is 3.69. The van der Waals surface area contributed by atoms with Crippen LogP contribution in [0.4, 0.5) is 5.69 Å². The van der Waals surface area contributed by atoms with Crippen molar-refractivity contribution < 1.29 is 4.79 Å². The number of rotatable bonds is 2. The van der Waals surface area contributed by atoms with Gasteiger partial charge in [-0.1, -0.05) is 34.1 Å². The molecule has 1 amide bonds. The standard InChI is InChI=1S/C14H13BrN2OS/c15-9-6-3-7-10-11(9)12(16)13(19-10)14(18)17-8-4-1-2-5-8/h1-3,6-8H,4-5,16H2,(H,17,18). The molecule has 0 saturated heterocycles. The number of fused-ring (bicyclic) bond motifs is 1. The number of amides is 1. The average molecular weight is 337 g/mol. The van der Waals surface area contributed by atoms with Gasteiger partial charge in [0.2, 0.25) is 0 Å². The highest BCUT2D eigenvalue weighted by Gasteiger charge is 2.20. The number of nitrogens with one attached hydrogen (secondary N) is 1. The van der Waals surface area contributed by atoms with Gasteiger partial charge in [0.1, 0.15) is 4.88 Å². The number of carbonyl (C=O) groups excluding carboxylic acids is 1. The van der Waals surface area contributed by atoms with Crippen molar-refractivity contribution >= 4 is 48.9 Å². The second-order valence-corrected chi connectivity index (χ2v) is 6.48. The molecule has 0 fully saturated rings. The molecule has 0 saturated carbocycles. The lowest BCUT2D eigenvalue weighted by molar-refractivity contribution is 0.0944. The summed E-state index contributed by atoms with van der Waals surface area (Å²) in [5.74, 6) is -0.0701. The number of anilines is 1. The topological polar surface area (TPSA) is 55.1 Å². The highest BCUT2D eigenvalue weighted by molar-refractivity contribution is 9.10. The summed E-state index contributed by atoms with van der Waals surface area (Å²) in [6.45, 7) is 0. The summed E-state index contributed by atoms with van der Waals surface area (Å²) in [6.07, 6.45) is 5.99. The van der Waals surface area contributed by atoms with Gasteiger partial charge in [0.05, 0.1) is 5.69 Å². The summed E-state index contributed by atoms with van der Waals surface area (Å²) in [6, 6.07) is 6.08. The maximum atomic E-state index is 12.3. The van der Waals surface area contributed by atoms with Crippen molar-refractivity contribution in [2.24, 2.45) is 0 Å². The number of hydrogen-bond donors (Lipinski definition) is 2. The van der Waals surface area contributed by atoms with E-state index in [0.717, 1.165) is 27.4 Å². The zero-order valence-electron chi connectivity index (χ0n) is 10.2. The average Bonchev–Trinajstić information content (AvgIpc) is 2.98. The summed E-state index contributed by atoms with van der Waals surface area (Å²) in [7, 11) is 0. The lowest BCUT2D eigenvalue weighted by atomic mass is 10.2. The highest BCUT2D eigenvalue weighted by atomic mass is 79.9. The van der Waals surface area contributed by atoms with Crippen molar-refractivity contribution in [2.75, 3.05) is 5.73 Å². The minimum Gasteiger partial charge on any atom is -0.397 e. The number of nitrogens with two attached hydrogens (primary N) is 1. The van der Waals surface area contributed by atoms with Gasteiger partial charge in [-0.3, -0.25) is 4.79 Å². The lowest BCUT2D eigenvalue weighted by Crippen LogP contribution is -2.32. The maximum absolute atomic E-state index is 12.3. The maximum Gasteiger partial charge on any atom is 0.263 e. The summed E-state index contributed by atoms with van der Waals surface area (Å²) in [5, 5.41) is 3.96. The molecule has 0 bridgehead atoms. The largest absolute Gasteiger partial charge is 0.397 e. The number of carbonyl (C=O) groups is 1. The van der Waals surface area contributed by atoms with Gasteiger partial charge in [-0.25, -0.2) is 0 Å². The Morgan fingerprint density at radius 2 is 2.11 bits per heavy atom. The first-order valence-corrected chi connectivity index (χ1v) is 7.70. The first-order chi connectivity index (χ1) is 9.16. The Bertz CT molecular complexity index is 669. The van der Waals surface area contributed by atoms with Gasteiger partial charge in [0.15, 0.2) is 0 Å². The Morgan fingerprint density at radius 3 is 2.79 bits per heavy atom. The van der Waals surface area contributed by atoms with Crippen LogP contribution in [0.3, 0.4) is 0 Å². The summed E-state index contributed by atoms with van der Waals surface area (Å²) >= 11 is 4.93. The molecule has 1 aliphatic carbocycles. The normalized spacial score (nSPS) is 15.2. The molecule has 1 aromatic carbocycles. The van der Waals surface area contributed by atoms with E-state index < -0.39 is 0 Å². The fourth-order valence-corrected chi connectivity index (χ4v) is 4.05. The molecule has 5 heteroatoms. The third-order valence-corrected chi connectivity index (χ3v) is 5.08. The van der Waals surface area contributed by atoms with Crippen LogP contribution in [0.1, 0.15) is 22.5 Å². The number of hydrogen-bond acceptors (Lipinski definition) is 3. The summed E-state index contributed by atoms with van der Waals surface area (Å²) < 4.78 is 1.96. The van der Waals surface area contributed by atoms with E-state index in [1.165, 1.54) is 11.3 Å². The molecule has 0 spiro atoms. The van der Waals surface area contributed by atoms with Crippen LogP contribution in [0.15, 0.2) is 34.8 Å².